The molecule has 0 bridgehead atoms. The Morgan fingerprint density at radius 2 is 1.60 bits per heavy atom. The average Bonchev–Trinajstić information content (AvgIpc) is 3.26. The maximum Gasteiger partial charge on any atom is 0.145 e. The van der Waals surface area contributed by atoms with E-state index in [1.54, 1.807) is 11.8 Å². The zero-order valence-corrected chi connectivity index (χ0v) is 21.4. The predicted octanol–water partition coefficient (Wildman–Crippen LogP) is 6.37. The number of hydrogen-bond donors (Lipinski definition) is 0. The maximum absolute atomic E-state index is 10.5. The van der Waals surface area contributed by atoms with Gasteiger partial charge in [0.1, 0.15) is 17.9 Å². The molecule has 5 nitrogen and oxygen atoms in total. The summed E-state index contributed by atoms with van der Waals surface area (Å²) >= 11 is 1.78. The first-order valence-electron chi connectivity index (χ1n) is 12.7. The number of benzene rings is 2. The molecule has 186 valence electrons. The van der Waals surface area contributed by atoms with Crippen molar-refractivity contribution in [1.29, 1.82) is 0 Å². The van der Waals surface area contributed by atoms with Crippen LogP contribution in [0.5, 0.6) is 0 Å². The lowest BCUT2D eigenvalue weighted by molar-refractivity contribution is -0.112. The first-order chi connectivity index (χ1) is 17.3. The van der Waals surface area contributed by atoms with Crippen LogP contribution in [0.3, 0.4) is 0 Å². The van der Waals surface area contributed by atoms with Crippen molar-refractivity contribution in [2.75, 3.05) is 32.2 Å². The van der Waals surface area contributed by atoms with Crippen LogP contribution in [-0.2, 0) is 20.8 Å². The van der Waals surface area contributed by atoms with Crippen molar-refractivity contribution in [3.63, 3.8) is 0 Å². The molecule has 1 aliphatic rings. The monoisotopic (exact) mass is 492 g/mol. The van der Waals surface area contributed by atoms with E-state index in [0.29, 0.717) is 18.4 Å². The van der Waals surface area contributed by atoms with E-state index in [2.05, 4.69) is 65.3 Å². The van der Waals surface area contributed by atoms with Gasteiger partial charge in [-0.25, -0.2) is 0 Å². The van der Waals surface area contributed by atoms with Crippen LogP contribution in [0.2, 0.25) is 0 Å². The van der Waals surface area contributed by atoms with E-state index < -0.39 is 0 Å². The minimum Gasteiger partial charge on any atom is -0.381 e. The molecule has 0 unspecified atom stereocenters. The molecule has 1 aliphatic carbocycles. The van der Waals surface area contributed by atoms with Gasteiger partial charge in [0.05, 0.1) is 12.3 Å². The molecule has 1 fully saturated rings. The van der Waals surface area contributed by atoms with Crippen LogP contribution in [0.25, 0.3) is 22.4 Å². The molecule has 0 spiro atoms. The summed E-state index contributed by atoms with van der Waals surface area (Å²) in [6, 6.07) is 21.3. The molecule has 0 N–H and O–H groups in total. The number of nitrogens with zero attached hydrogens (tertiary/aromatic N) is 2. The summed E-state index contributed by atoms with van der Waals surface area (Å²) < 4.78 is 13.3. The van der Waals surface area contributed by atoms with Crippen molar-refractivity contribution in [2.45, 2.75) is 44.2 Å². The van der Waals surface area contributed by atoms with Gasteiger partial charge in [0, 0.05) is 36.6 Å². The molecule has 0 amide bonds. The number of hydrogen-bond acceptors (Lipinski definition) is 5. The first-order valence-corrected chi connectivity index (χ1v) is 13.7. The van der Waals surface area contributed by atoms with Gasteiger partial charge in [-0.05, 0) is 50.0 Å². The van der Waals surface area contributed by atoms with Crippen molar-refractivity contribution < 1.29 is 14.3 Å². The van der Waals surface area contributed by atoms with E-state index in [9.17, 15) is 4.79 Å². The van der Waals surface area contributed by atoms with Gasteiger partial charge in [-0.15, -0.1) is 11.8 Å². The Balaban J connectivity index is 1.61. The van der Waals surface area contributed by atoms with Gasteiger partial charge >= 0.3 is 0 Å². The molecule has 2 aromatic carbocycles. The van der Waals surface area contributed by atoms with E-state index >= 15 is 0 Å². The van der Waals surface area contributed by atoms with E-state index in [-0.39, 0.29) is 6.61 Å². The Morgan fingerprint density at radius 1 is 0.943 bits per heavy atom. The van der Waals surface area contributed by atoms with Gasteiger partial charge in [-0.1, -0.05) is 60.7 Å². The summed E-state index contributed by atoms with van der Waals surface area (Å²) in [5.41, 5.74) is 4.82. The van der Waals surface area contributed by atoms with Crippen molar-refractivity contribution in [1.82, 2.24) is 9.78 Å². The minimum atomic E-state index is 0.208. The highest BCUT2D eigenvalue weighted by Crippen LogP contribution is 2.41. The summed E-state index contributed by atoms with van der Waals surface area (Å²) in [6.07, 6.45) is 5.45. The fourth-order valence-electron chi connectivity index (χ4n) is 4.88. The average molecular weight is 493 g/mol. The van der Waals surface area contributed by atoms with Gasteiger partial charge in [0.25, 0.3) is 0 Å². The van der Waals surface area contributed by atoms with Crippen molar-refractivity contribution in [3.05, 3.63) is 60.7 Å². The van der Waals surface area contributed by atoms with Crippen LogP contribution >= 0.6 is 11.8 Å². The Hall–Kier alpha value is -2.41. The number of aromatic nitrogens is 2. The molecule has 35 heavy (non-hydrogen) atoms. The van der Waals surface area contributed by atoms with Crippen molar-refractivity contribution in [3.8, 4) is 22.4 Å². The van der Waals surface area contributed by atoms with Crippen LogP contribution in [0.15, 0.2) is 65.7 Å². The molecular formula is C29H36N2O3S. The normalized spacial score (nSPS) is 18.0. The second-order valence-corrected chi connectivity index (χ2v) is 10.2. The topological polar surface area (TPSA) is 53.4 Å². The summed E-state index contributed by atoms with van der Waals surface area (Å²) in [5.74, 6) is 2.02. The Kier molecular flexibility index (Phi) is 9.99. The maximum atomic E-state index is 10.5. The lowest BCUT2D eigenvalue weighted by atomic mass is 9.82. The van der Waals surface area contributed by atoms with Crippen LogP contribution in [0, 0.1) is 11.8 Å². The quantitative estimate of drug-likeness (QED) is 0.158. The highest BCUT2D eigenvalue weighted by atomic mass is 32.2. The molecule has 1 saturated carbocycles. The molecule has 6 heteroatoms. The smallest absolute Gasteiger partial charge is 0.145 e. The summed E-state index contributed by atoms with van der Waals surface area (Å²) in [4.78, 5) is 10.5. The standard InChI is InChI=1S/C29H36N2O3S/c1-2-33-19-20-35-29-27(25-9-5-3-6-10-25)28(26-11-7-4-8-12-26)31(30-29)21-23-13-15-24(16-14-23)22-34-18-17-32/h3-12,17,23-24H,2,13-16,18-22H2,1H3/t23-,24+. The number of carbonyl (C=O) groups is 1. The number of thioether (sulfide) groups is 1. The molecule has 4 rings (SSSR count). The zero-order chi connectivity index (χ0) is 24.3. The molecule has 0 radical (unpaired) electrons. The van der Waals surface area contributed by atoms with Crippen LogP contribution in [0.4, 0.5) is 0 Å². The summed E-state index contributed by atoms with van der Waals surface area (Å²) in [7, 11) is 0. The Morgan fingerprint density at radius 3 is 2.26 bits per heavy atom. The third kappa shape index (κ3) is 7.06. The van der Waals surface area contributed by atoms with Gasteiger partial charge in [-0.3, -0.25) is 4.68 Å². The van der Waals surface area contributed by atoms with Crippen LogP contribution in [-0.4, -0.2) is 48.2 Å². The molecule has 1 aromatic heterocycles. The van der Waals surface area contributed by atoms with Gasteiger partial charge in [0.15, 0.2) is 0 Å². The van der Waals surface area contributed by atoms with Crippen molar-refractivity contribution in [2.24, 2.45) is 11.8 Å². The fourth-order valence-corrected chi connectivity index (χ4v) is 5.79. The Labute approximate surface area is 213 Å². The molecule has 0 aliphatic heterocycles. The third-order valence-corrected chi connectivity index (χ3v) is 7.57. The lowest BCUT2D eigenvalue weighted by Crippen LogP contribution is -2.22. The van der Waals surface area contributed by atoms with E-state index in [0.717, 1.165) is 62.5 Å². The number of aldehydes is 1. The minimum absolute atomic E-state index is 0.208. The highest BCUT2D eigenvalue weighted by molar-refractivity contribution is 7.99. The number of ether oxygens (including phenoxy) is 2. The van der Waals surface area contributed by atoms with E-state index in [1.165, 1.54) is 22.4 Å². The third-order valence-electron chi connectivity index (χ3n) is 6.64. The highest BCUT2D eigenvalue weighted by Gasteiger charge is 2.26. The molecule has 3 aromatic rings. The van der Waals surface area contributed by atoms with Crippen LogP contribution in [0.1, 0.15) is 32.6 Å². The fraction of sp³-hybridized carbons (Fsp3) is 0.448. The second-order valence-electron chi connectivity index (χ2n) is 9.08. The van der Waals surface area contributed by atoms with E-state index in [1.807, 2.05) is 6.92 Å². The van der Waals surface area contributed by atoms with Gasteiger partial charge in [0.2, 0.25) is 0 Å². The van der Waals surface area contributed by atoms with Gasteiger partial charge < -0.3 is 14.3 Å². The number of rotatable bonds is 13. The lowest BCUT2D eigenvalue weighted by Gasteiger charge is -2.28. The second kappa shape index (κ2) is 13.6. The van der Waals surface area contributed by atoms with Crippen LogP contribution < -0.4 is 0 Å². The summed E-state index contributed by atoms with van der Waals surface area (Å²) in [5, 5.41) is 6.27. The predicted molar refractivity (Wildman–Crippen MR) is 143 cm³/mol. The molecule has 1 heterocycles. The SMILES string of the molecule is CCOCCSc1nn(C[C@H]2CC[C@@H](COCC=O)CC2)c(-c2ccccc2)c1-c1ccccc1. The van der Waals surface area contributed by atoms with Gasteiger partial charge in [-0.2, -0.15) is 5.10 Å². The largest absolute Gasteiger partial charge is 0.381 e. The molecule has 0 saturated heterocycles. The molecule has 0 atom stereocenters. The number of carbonyl (C=O) groups excluding carboxylic acids is 1. The van der Waals surface area contributed by atoms with E-state index in [4.69, 9.17) is 14.6 Å². The zero-order valence-electron chi connectivity index (χ0n) is 20.6. The summed E-state index contributed by atoms with van der Waals surface area (Å²) in [6.45, 7) is 5.31. The van der Waals surface area contributed by atoms with Crippen molar-refractivity contribution >= 4 is 18.0 Å². The molecular weight excluding hydrogens is 456 g/mol. The Bertz CT molecular complexity index is 1030. The first kappa shape index (κ1) is 25.7.